The number of benzene rings is 1. The molecule has 94 valence electrons. The fourth-order valence-electron chi connectivity index (χ4n) is 1.39. The summed E-state index contributed by atoms with van der Waals surface area (Å²) < 4.78 is 5.02. The first kappa shape index (κ1) is 12.5. The Morgan fingerprint density at radius 1 is 1.39 bits per heavy atom. The van der Waals surface area contributed by atoms with Crippen molar-refractivity contribution >= 4 is 17.4 Å². The Morgan fingerprint density at radius 2 is 2.11 bits per heavy atom. The van der Waals surface area contributed by atoms with Gasteiger partial charge in [0.1, 0.15) is 12.3 Å². The fraction of sp³-hybridized carbons (Fsp3) is 0.273. The molecular formula is C11H11ClN4O2. The van der Waals surface area contributed by atoms with Crippen molar-refractivity contribution < 1.29 is 9.53 Å². The van der Waals surface area contributed by atoms with Crippen LogP contribution in [0.4, 0.5) is 0 Å². The number of rotatable bonds is 5. The number of halogens is 1. The van der Waals surface area contributed by atoms with Crippen LogP contribution in [0.1, 0.15) is 16.2 Å². The molecule has 0 saturated carbocycles. The minimum atomic E-state index is -0.101. The van der Waals surface area contributed by atoms with Crippen molar-refractivity contribution in [3.8, 4) is 5.75 Å². The molecule has 1 heterocycles. The third kappa shape index (κ3) is 2.84. The third-order valence-electron chi connectivity index (χ3n) is 2.31. The number of ether oxygens (including phenoxy) is 1. The average Bonchev–Trinajstić information content (AvgIpc) is 2.86. The van der Waals surface area contributed by atoms with Gasteiger partial charge in [0.2, 0.25) is 0 Å². The van der Waals surface area contributed by atoms with Crippen molar-refractivity contribution in [1.29, 1.82) is 0 Å². The van der Waals surface area contributed by atoms with E-state index in [0.29, 0.717) is 17.1 Å². The topological polar surface area (TPSA) is 69.9 Å². The Labute approximate surface area is 109 Å². The zero-order valence-corrected chi connectivity index (χ0v) is 10.5. The lowest BCUT2D eigenvalue weighted by Gasteiger charge is -2.02. The van der Waals surface area contributed by atoms with Crippen LogP contribution in [-0.4, -0.2) is 33.1 Å². The van der Waals surface area contributed by atoms with Gasteiger partial charge >= 0.3 is 0 Å². The maximum atomic E-state index is 11.9. The summed E-state index contributed by atoms with van der Waals surface area (Å²) in [5.41, 5.74) is 0.570. The molecule has 0 aliphatic rings. The van der Waals surface area contributed by atoms with E-state index in [2.05, 4.69) is 15.4 Å². The van der Waals surface area contributed by atoms with E-state index in [4.69, 9.17) is 16.3 Å². The van der Waals surface area contributed by atoms with Gasteiger partial charge in [-0.1, -0.05) is 0 Å². The zero-order chi connectivity index (χ0) is 13.0. The minimum Gasteiger partial charge on any atom is -0.497 e. The standard InChI is InChI=1S/C11H11ClN4O2/c1-18-9-4-2-8(3-5-9)10(17)7-16-14-11(6-12)13-15-16/h2-5H,6-7H2,1H3. The second-order valence-electron chi connectivity index (χ2n) is 3.52. The van der Waals surface area contributed by atoms with Crippen LogP contribution >= 0.6 is 11.6 Å². The number of Topliss-reactive ketones (excluding diaryl/α,β-unsaturated/α-hetero) is 1. The lowest BCUT2D eigenvalue weighted by Crippen LogP contribution is -2.13. The van der Waals surface area contributed by atoms with Crippen molar-refractivity contribution in [1.82, 2.24) is 20.2 Å². The predicted octanol–water partition coefficient (Wildman–Crippen LogP) is 1.30. The van der Waals surface area contributed by atoms with E-state index in [-0.39, 0.29) is 18.2 Å². The van der Waals surface area contributed by atoms with Crippen molar-refractivity contribution in [3.05, 3.63) is 35.7 Å². The van der Waals surface area contributed by atoms with Gasteiger partial charge in [-0.2, -0.15) is 4.80 Å². The van der Waals surface area contributed by atoms with Gasteiger partial charge in [-0.25, -0.2) is 0 Å². The molecular weight excluding hydrogens is 256 g/mol. The normalized spacial score (nSPS) is 10.3. The molecule has 0 saturated heterocycles. The number of alkyl halides is 1. The monoisotopic (exact) mass is 266 g/mol. The van der Waals surface area contributed by atoms with E-state index in [1.54, 1.807) is 31.4 Å². The van der Waals surface area contributed by atoms with Gasteiger partial charge in [0.15, 0.2) is 11.6 Å². The van der Waals surface area contributed by atoms with E-state index >= 15 is 0 Å². The summed E-state index contributed by atoms with van der Waals surface area (Å²) in [6, 6.07) is 6.85. The maximum absolute atomic E-state index is 11.9. The second-order valence-corrected chi connectivity index (χ2v) is 3.79. The number of carbonyl (C=O) groups is 1. The SMILES string of the molecule is COc1ccc(C(=O)Cn2nnc(CCl)n2)cc1. The Kier molecular flexibility index (Phi) is 3.88. The summed E-state index contributed by atoms with van der Waals surface area (Å²) in [4.78, 5) is 13.1. The van der Waals surface area contributed by atoms with Crippen molar-refractivity contribution in [2.24, 2.45) is 0 Å². The summed E-state index contributed by atoms with van der Waals surface area (Å²) >= 11 is 5.55. The van der Waals surface area contributed by atoms with Crippen LogP contribution in [0.15, 0.2) is 24.3 Å². The first-order valence-electron chi connectivity index (χ1n) is 5.23. The molecule has 0 unspecified atom stereocenters. The lowest BCUT2D eigenvalue weighted by atomic mass is 10.1. The van der Waals surface area contributed by atoms with Gasteiger partial charge in [0.05, 0.1) is 13.0 Å². The number of aromatic nitrogens is 4. The highest BCUT2D eigenvalue weighted by atomic mass is 35.5. The van der Waals surface area contributed by atoms with Crippen LogP contribution in [0.2, 0.25) is 0 Å². The van der Waals surface area contributed by atoms with Crippen molar-refractivity contribution in [2.45, 2.75) is 12.4 Å². The van der Waals surface area contributed by atoms with E-state index in [9.17, 15) is 4.79 Å². The average molecular weight is 267 g/mol. The quantitative estimate of drug-likeness (QED) is 0.603. The highest BCUT2D eigenvalue weighted by Crippen LogP contribution is 2.12. The predicted molar refractivity (Wildman–Crippen MR) is 64.7 cm³/mol. The molecule has 1 aromatic heterocycles. The smallest absolute Gasteiger partial charge is 0.189 e. The van der Waals surface area contributed by atoms with Crippen molar-refractivity contribution in [2.75, 3.05) is 7.11 Å². The highest BCUT2D eigenvalue weighted by molar-refractivity contribution is 6.16. The molecule has 0 aliphatic heterocycles. The van der Waals surface area contributed by atoms with Gasteiger partial charge < -0.3 is 4.74 Å². The number of hydrogen-bond donors (Lipinski definition) is 0. The summed E-state index contributed by atoms with van der Waals surface area (Å²) in [5.74, 6) is 1.18. The molecule has 7 heteroatoms. The number of nitrogens with zero attached hydrogens (tertiary/aromatic N) is 4. The Hall–Kier alpha value is -1.95. The zero-order valence-electron chi connectivity index (χ0n) is 9.71. The minimum absolute atomic E-state index is 0.0379. The summed E-state index contributed by atoms with van der Waals surface area (Å²) in [6.45, 7) is 0.0379. The van der Waals surface area contributed by atoms with Crippen LogP contribution in [0.3, 0.4) is 0 Å². The number of methoxy groups -OCH3 is 1. The van der Waals surface area contributed by atoms with E-state index in [0.717, 1.165) is 0 Å². The summed E-state index contributed by atoms with van der Waals surface area (Å²) in [6.07, 6.45) is 0. The first-order chi connectivity index (χ1) is 8.72. The molecule has 0 atom stereocenters. The molecule has 0 bridgehead atoms. The largest absolute Gasteiger partial charge is 0.497 e. The van der Waals surface area contributed by atoms with E-state index in [1.165, 1.54) is 4.80 Å². The Balaban J connectivity index is 2.06. The van der Waals surface area contributed by atoms with Gasteiger partial charge in [0.25, 0.3) is 0 Å². The molecule has 0 spiro atoms. The summed E-state index contributed by atoms with van der Waals surface area (Å²) in [5, 5.41) is 11.4. The molecule has 0 N–H and O–H groups in total. The molecule has 0 radical (unpaired) electrons. The molecule has 2 rings (SSSR count). The van der Waals surface area contributed by atoms with Gasteiger partial charge in [-0.05, 0) is 29.5 Å². The third-order valence-corrected chi connectivity index (χ3v) is 2.55. The highest BCUT2D eigenvalue weighted by Gasteiger charge is 2.09. The van der Waals surface area contributed by atoms with Crippen LogP contribution in [0.25, 0.3) is 0 Å². The van der Waals surface area contributed by atoms with Gasteiger partial charge in [-0.3, -0.25) is 4.79 Å². The Bertz CT molecular complexity index is 538. The maximum Gasteiger partial charge on any atom is 0.189 e. The van der Waals surface area contributed by atoms with Crippen LogP contribution in [0.5, 0.6) is 5.75 Å². The molecule has 2 aromatic rings. The van der Waals surface area contributed by atoms with Crippen molar-refractivity contribution in [3.63, 3.8) is 0 Å². The van der Waals surface area contributed by atoms with E-state index in [1.807, 2.05) is 0 Å². The molecule has 0 amide bonds. The second kappa shape index (κ2) is 5.59. The molecule has 6 nitrogen and oxygen atoms in total. The number of tetrazole rings is 1. The first-order valence-corrected chi connectivity index (χ1v) is 5.76. The molecule has 0 fully saturated rings. The van der Waals surface area contributed by atoms with Gasteiger partial charge in [0, 0.05) is 5.56 Å². The van der Waals surface area contributed by atoms with Crippen LogP contribution in [-0.2, 0) is 12.4 Å². The number of ketones is 1. The summed E-state index contributed by atoms with van der Waals surface area (Å²) in [7, 11) is 1.57. The lowest BCUT2D eigenvalue weighted by molar-refractivity contribution is 0.0961. The molecule has 0 aliphatic carbocycles. The fourth-order valence-corrected chi connectivity index (χ4v) is 1.50. The molecule has 18 heavy (non-hydrogen) atoms. The number of hydrogen-bond acceptors (Lipinski definition) is 5. The van der Waals surface area contributed by atoms with Crippen LogP contribution < -0.4 is 4.74 Å². The van der Waals surface area contributed by atoms with Crippen LogP contribution in [0, 0.1) is 0 Å². The van der Waals surface area contributed by atoms with Gasteiger partial charge in [-0.15, -0.1) is 21.8 Å². The Morgan fingerprint density at radius 3 is 2.67 bits per heavy atom. The molecule has 1 aromatic carbocycles. The number of carbonyl (C=O) groups excluding carboxylic acids is 1. The van der Waals surface area contributed by atoms with E-state index < -0.39 is 0 Å².